The molecule has 1 aliphatic heterocycles. The van der Waals surface area contributed by atoms with E-state index in [1.165, 1.54) is 0 Å². The molecule has 1 saturated heterocycles. The Morgan fingerprint density at radius 1 is 1.20 bits per heavy atom. The second-order valence-corrected chi connectivity index (χ2v) is 7.55. The molecule has 4 nitrogen and oxygen atoms in total. The molecule has 114 valence electrons. The first kappa shape index (κ1) is 15.3. The van der Waals surface area contributed by atoms with E-state index in [1.54, 1.807) is 0 Å². The van der Waals surface area contributed by atoms with Crippen molar-refractivity contribution in [1.82, 2.24) is 10.2 Å². The molecule has 0 aromatic carbocycles. The van der Waals surface area contributed by atoms with Crippen LogP contribution in [0.5, 0.6) is 0 Å². The van der Waals surface area contributed by atoms with Gasteiger partial charge in [-0.2, -0.15) is 0 Å². The number of carbonyl (C=O) groups excluding carboxylic acids is 2. The number of likely N-dealkylation sites (tertiary alicyclic amines) is 1. The molecule has 1 aliphatic carbocycles. The van der Waals surface area contributed by atoms with E-state index >= 15 is 0 Å². The monoisotopic (exact) mass is 280 g/mol. The Kier molecular flexibility index (Phi) is 4.40. The summed E-state index contributed by atoms with van der Waals surface area (Å²) >= 11 is 0. The lowest BCUT2D eigenvalue weighted by Crippen LogP contribution is -2.64. The van der Waals surface area contributed by atoms with Gasteiger partial charge in [0.05, 0.1) is 0 Å². The van der Waals surface area contributed by atoms with Gasteiger partial charge in [-0.05, 0) is 38.5 Å². The molecule has 2 fully saturated rings. The van der Waals surface area contributed by atoms with E-state index in [2.05, 4.69) is 19.2 Å². The zero-order valence-corrected chi connectivity index (χ0v) is 13.2. The third kappa shape index (κ3) is 3.53. The lowest BCUT2D eigenvalue weighted by Gasteiger charge is -2.59. The zero-order valence-electron chi connectivity index (χ0n) is 13.2. The van der Waals surface area contributed by atoms with Crippen LogP contribution in [0.2, 0.25) is 0 Å². The molecule has 0 atom stereocenters. The van der Waals surface area contributed by atoms with Crippen LogP contribution in [0.1, 0.15) is 53.4 Å². The van der Waals surface area contributed by atoms with E-state index in [9.17, 15) is 9.59 Å². The maximum atomic E-state index is 11.9. The summed E-state index contributed by atoms with van der Waals surface area (Å²) in [7, 11) is 0. The van der Waals surface area contributed by atoms with Gasteiger partial charge in [0.25, 0.3) is 0 Å². The molecular weight excluding hydrogens is 252 g/mol. The van der Waals surface area contributed by atoms with Crippen LogP contribution in [0.3, 0.4) is 0 Å². The molecule has 1 spiro atoms. The van der Waals surface area contributed by atoms with Gasteiger partial charge >= 0.3 is 0 Å². The summed E-state index contributed by atoms with van der Waals surface area (Å²) in [6.07, 6.45) is 3.55. The molecule has 0 bridgehead atoms. The van der Waals surface area contributed by atoms with Crippen LogP contribution in [0, 0.1) is 17.3 Å². The van der Waals surface area contributed by atoms with E-state index in [-0.39, 0.29) is 11.9 Å². The minimum Gasteiger partial charge on any atom is -0.354 e. The highest BCUT2D eigenvalue weighted by molar-refractivity contribution is 5.78. The van der Waals surface area contributed by atoms with Gasteiger partial charge in [-0.25, -0.2) is 0 Å². The van der Waals surface area contributed by atoms with Crippen LogP contribution < -0.4 is 5.32 Å². The van der Waals surface area contributed by atoms with Crippen molar-refractivity contribution in [2.45, 2.75) is 59.4 Å². The van der Waals surface area contributed by atoms with Crippen LogP contribution in [-0.4, -0.2) is 35.8 Å². The Bertz CT molecular complexity index is 376. The maximum Gasteiger partial charge on any atom is 0.222 e. The molecule has 2 aliphatic rings. The van der Waals surface area contributed by atoms with Gasteiger partial charge in [-0.1, -0.05) is 13.8 Å². The highest BCUT2D eigenvalue weighted by Gasteiger charge is 2.53. The Morgan fingerprint density at radius 2 is 1.80 bits per heavy atom. The predicted octanol–water partition coefficient (Wildman–Crippen LogP) is 2.19. The van der Waals surface area contributed by atoms with Crippen molar-refractivity contribution in [2.24, 2.45) is 17.3 Å². The van der Waals surface area contributed by atoms with Gasteiger partial charge < -0.3 is 10.2 Å². The average molecular weight is 280 g/mol. The second-order valence-electron chi connectivity index (χ2n) is 7.55. The third-order valence-electron chi connectivity index (χ3n) is 4.36. The van der Waals surface area contributed by atoms with Gasteiger partial charge in [-0.15, -0.1) is 0 Å². The van der Waals surface area contributed by atoms with Crippen molar-refractivity contribution < 1.29 is 9.59 Å². The van der Waals surface area contributed by atoms with E-state index in [0.717, 1.165) is 25.9 Å². The van der Waals surface area contributed by atoms with Crippen molar-refractivity contribution >= 4 is 11.8 Å². The SMILES string of the molecule is CC(C)CC(=O)N1CC2(CC(CC(=O)NC(C)C)C2)C1. The number of nitrogens with one attached hydrogen (secondary N) is 1. The second kappa shape index (κ2) is 5.74. The number of hydrogen-bond donors (Lipinski definition) is 1. The minimum atomic E-state index is 0.173. The summed E-state index contributed by atoms with van der Waals surface area (Å²) < 4.78 is 0. The molecule has 2 amide bonds. The van der Waals surface area contributed by atoms with E-state index in [0.29, 0.717) is 36.0 Å². The first-order chi connectivity index (χ1) is 9.29. The van der Waals surface area contributed by atoms with Crippen LogP contribution in [0.25, 0.3) is 0 Å². The van der Waals surface area contributed by atoms with Crippen molar-refractivity contribution in [3.05, 3.63) is 0 Å². The summed E-state index contributed by atoms with van der Waals surface area (Å²) in [5.74, 6) is 1.43. The van der Waals surface area contributed by atoms with Gasteiger partial charge in [0.1, 0.15) is 0 Å². The average Bonchev–Trinajstić information content (AvgIpc) is 2.16. The van der Waals surface area contributed by atoms with Gasteiger partial charge in [0.2, 0.25) is 11.8 Å². The molecule has 1 N–H and O–H groups in total. The van der Waals surface area contributed by atoms with Crippen molar-refractivity contribution in [2.75, 3.05) is 13.1 Å². The lowest BCUT2D eigenvalue weighted by atomic mass is 9.57. The standard InChI is InChI=1S/C16H28N2O2/c1-11(2)5-15(20)18-9-16(10-18)7-13(8-16)6-14(19)17-12(3)4/h11-13H,5-10H2,1-4H3,(H,17,19). The Labute approximate surface area is 122 Å². The lowest BCUT2D eigenvalue weighted by molar-refractivity contribution is -0.157. The molecule has 4 heteroatoms. The number of hydrogen-bond acceptors (Lipinski definition) is 2. The van der Waals surface area contributed by atoms with Crippen LogP contribution in [0.15, 0.2) is 0 Å². The van der Waals surface area contributed by atoms with Gasteiger partial charge in [0, 0.05) is 37.4 Å². The highest BCUT2D eigenvalue weighted by atomic mass is 16.2. The first-order valence-corrected chi connectivity index (χ1v) is 7.87. The molecule has 20 heavy (non-hydrogen) atoms. The minimum absolute atomic E-state index is 0.173. The molecule has 0 radical (unpaired) electrons. The van der Waals surface area contributed by atoms with Crippen LogP contribution in [0.4, 0.5) is 0 Å². The van der Waals surface area contributed by atoms with Crippen LogP contribution in [-0.2, 0) is 9.59 Å². The van der Waals surface area contributed by atoms with Gasteiger partial charge in [-0.3, -0.25) is 9.59 Å². The first-order valence-electron chi connectivity index (χ1n) is 7.87. The zero-order chi connectivity index (χ0) is 14.9. The van der Waals surface area contributed by atoms with E-state index in [4.69, 9.17) is 0 Å². The maximum absolute atomic E-state index is 11.9. The molecule has 1 saturated carbocycles. The molecular formula is C16H28N2O2. The summed E-state index contributed by atoms with van der Waals surface area (Å²) in [5.41, 5.74) is 0.357. The molecule has 0 unspecified atom stereocenters. The largest absolute Gasteiger partial charge is 0.354 e. The van der Waals surface area contributed by atoms with Crippen molar-refractivity contribution in [3.8, 4) is 0 Å². The number of carbonyl (C=O) groups is 2. The fraction of sp³-hybridized carbons (Fsp3) is 0.875. The van der Waals surface area contributed by atoms with Crippen LogP contribution >= 0.6 is 0 Å². The number of nitrogens with zero attached hydrogens (tertiary/aromatic N) is 1. The fourth-order valence-electron chi connectivity index (χ4n) is 3.63. The van der Waals surface area contributed by atoms with Crippen molar-refractivity contribution in [1.29, 1.82) is 0 Å². The Morgan fingerprint density at radius 3 is 2.30 bits per heavy atom. The van der Waals surface area contributed by atoms with Crippen molar-refractivity contribution in [3.63, 3.8) is 0 Å². The third-order valence-corrected chi connectivity index (χ3v) is 4.36. The molecule has 2 rings (SSSR count). The highest BCUT2D eigenvalue weighted by Crippen LogP contribution is 2.53. The summed E-state index contributed by atoms with van der Waals surface area (Å²) in [5, 5.41) is 2.95. The number of rotatable bonds is 5. The summed E-state index contributed by atoms with van der Waals surface area (Å²) in [6, 6.07) is 0.226. The summed E-state index contributed by atoms with van der Waals surface area (Å²) in [6.45, 7) is 9.98. The molecule has 1 heterocycles. The van der Waals surface area contributed by atoms with E-state index in [1.807, 2.05) is 18.7 Å². The Hall–Kier alpha value is -1.06. The van der Waals surface area contributed by atoms with Gasteiger partial charge in [0.15, 0.2) is 0 Å². The molecule has 0 aromatic rings. The topological polar surface area (TPSA) is 49.4 Å². The Balaban J connectivity index is 1.65. The summed E-state index contributed by atoms with van der Waals surface area (Å²) in [4.78, 5) is 25.6. The quantitative estimate of drug-likeness (QED) is 0.839. The molecule has 0 aromatic heterocycles. The van der Waals surface area contributed by atoms with E-state index < -0.39 is 0 Å². The fourth-order valence-corrected chi connectivity index (χ4v) is 3.63. The predicted molar refractivity (Wildman–Crippen MR) is 79.1 cm³/mol. The smallest absolute Gasteiger partial charge is 0.222 e. The normalized spacial score (nSPS) is 21.0. The number of amides is 2.